The lowest BCUT2D eigenvalue weighted by molar-refractivity contribution is -0.133. The number of fused-ring (bicyclic) bond motifs is 2. The molecule has 0 aliphatic carbocycles. The molecule has 28 heavy (non-hydrogen) atoms. The molecular formula is C21H28N4O2S. The van der Waals surface area contributed by atoms with E-state index in [-0.39, 0.29) is 11.9 Å². The summed E-state index contributed by atoms with van der Waals surface area (Å²) in [5.41, 5.74) is 3.50. The minimum atomic E-state index is -0.411. The lowest BCUT2D eigenvalue weighted by atomic mass is 9.70. The summed E-state index contributed by atoms with van der Waals surface area (Å²) >= 11 is 1.60. The second kappa shape index (κ2) is 8.68. The number of pyridine rings is 1. The van der Waals surface area contributed by atoms with Crippen molar-refractivity contribution in [2.75, 3.05) is 19.8 Å². The van der Waals surface area contributed by atoms with Crippen LogP contribution in [0, 0.1) is 5.41 Å². The van der Waals surface area contributed by atoms with Gasteiger partial charge < -0.3 is 10.1 Å². The molecule has 2 aromatic rings. The molecule has 150 valence electrons. The quantitative estimate of drug-likeness (QED) is 0.656. The Morgan fingerprint density at radius 1 is 1.46 bits per heavy atom. The van der Waals surface area contributed by atoms with Crippen molar-refractivity contribution in [3.63, 3.8) is 0 Å². The van der Waals surface area contributed by atoms with Gasteiger partial charge in [0, 0.05) is 56.0 Å². The number of hydrogen-bond donors (Lipinski definition) is 1. The predicted molar refractivity (Wildman–Crippen MR) is 109 cm³/mol. The van der Waals surface area contributed by atoms with Crippen molar-refractivity contribution >= 4 is 17.2 Å². The van der Waals surface area contributed by atoms with Crippen molar-refractivity contribution in [2.45, 2.75) is 51.2 Å². The highest BCUT2D eigenvalue weighted by Crippen LogP contribution is 2.51. The average Bonchev–Trinajstić information content (AvgIpc) is 3.43. The predicted octanol–water partition coefficient (Wildman–Crippen LogP) is 2.66. The third-order valence-electron chi connectivity index (χ3n) is 6.19. The molecule has 7 heteroatoms. The number of amides is 1. The molecule has 1 amide bonds. The number of carbonyl (C=O) groups is 1. The summed E-state index contributed by atoms with van der Waals surface area (Å²) in [7, 11) is 0. The highest BCUT2D eigenvalue weighted by molar-refractivity contribution is 7.07. The Hall–Kier alpha value is -1.83. The SMILES string of the molecule is CCOCCN1[C@@H]2CC[C@H]1[C@@](Cc1cscn1)(C(=O)NCc1cccnc1)C2. The minimum absolute atomic E-state index is 0.151. The van der Waals surface area contributed by atoms with E-state index in [9.17, 15) is 4.79 Å². The van der Waals surface area contributed by atoms with Gasteiger partial charge in [-0.25, -0.2) is 4.98 Å². The molecular weight excluding hydrogens is 372 g/mol. The van der Waals surface area contributed by atoms with Crippen LogP contribution in [0.15, 0.2) is 35.4 Å². The number of rotatable bonds is 9. The molecule has 2 aliphatic heterocycles. The lowest BCUT2D eigenvalue weighted by Crippen LogP contribution is -2.50. The van der Waals surface area contributed by atoms with Crippen LogP contribution in [0.2, 0.25) is 0 Å². The maximum absolute atomic E-state index is 13.5. The third-order valence-corrected chi connectivity index (χ3v) is 6.82. The molecule has 0 spiro atoms. The van der Waals surface area contributed by atoms with Crippen molar-refractivity contribution in [2.24, 2.45) is 5.41 Å². The molecule has 0 radical (unpaired) electrons. The van der Waals surface area contributed by atoms with Gasteiger partial charge in [-0.05, 0) is 37.8 Å². The molecule has 4 rings (SSSR count). The average molecular weight is 401 g/mol. The van der Waals surface area contributed by atoms with E-state index in [1.54, 1.807) is 17.5 Å². The van der Waals surface area contributed by atoms with E-state index in [1.165, 1.54) is 6.42 Å². The van der Waals surface area contributed by atoms with E-state index in [0.29, 0.717) is 19.0 Å². The summed E-state index contributed by atoms with van der Waals surface area (Å²) in [5.74, 6) is 0.151. The molecule has 3 atom stereocenters. The van der Waals surface area contributed by atoms with Gasteiger partial charge in [0.05, 0.1) is 23.2 Å². The third kappa shape index (κ3) is 3.83. The number of carbonyl (C=O) groups excluding carboxylic acids is 1. The summed E-state index contributed by atoms with van der Waals surface area (Å²) in [6.07, 6.45) is 7.42. The first-order chi connectivity index (χ1) is 13.7. The topological polar surface area (TPSA) is 67.3 Å². The van der Waals surface area contributed by atoms with Crippen LogP contribution >= 0.6 is 11.3 Å². The fraction of sp³-hybridized carbons (Fsp3) is 0.571. The Morgan fingerprint density at radius 3 is 3.14 bits per heavy atom. The first-order valence-corrected chi connectivity index (χ1v) is 11.0. The first kappa shape index (κ1) is 19.5. The van der Waals surface area contributed by atoms with Gasteiger partial charge in [-0.15, -0.1) is 11.3 Å². The van der Waals surface area contributed by atoms with E-state index >= 15 is 0 Å². The molecule has 2 aliphatic rings. The molecule has 4 heterocycles. The van der Waals surface area contributed by atoms with Gasteiger partial charge in [0.25, 0.3) is 0 Å². The maximum Gasteiger partial charge on any atom is 0.228 e. The molecule has 1 N–H and O–H groups in total. The van der Waals surface area contributed by atoms with Crippen LogP contribution < -0.4 is 5.32 Å². The Bertz CT molecular complexity index is 770. The van der Waals surface area contributed by atoms with Crippen molar-refractivity contribution in [1.82, 2.24) is 20.2 Å². The molecule has 0 aromatic carbocycles. The fourth-order valence-corrected chi connectivity index (χ4v) is 5.54. The molecule has 2 saturated heterocycles. The number of hydrogen-bond acceptors (Lipinski definition) is 6. The maximum atomic E-state index is 13.5. The Labute approximate surface area is 170 Å². The second-order valence-corrected chi connectivity index (χ2v) is 8.46. The van der Waals surface area contributed by atoms with Crippen LogP contribution in [0.3, 0.4) is 0 Å². The van der Waals surface area contributed by atoms with Crippen LogP contribution in [-0.4, -0.2) is 52.6 Å². The highest BCUT2D eigenvalue weighted by Gasteiger charge is 2.59. The smallest absolute Gasteiger partial charge is 0.228 e. The molecule has 6 nitrogen and oxygen atoms in total. The standard InChI is InChI=1S/C21H28N4O2S/c1-2-27-9-8-25-18-5-6-19(25)21(11-18,10-17-14-28-15-24-17)20(26)23-13-16-4-3-7-22-12-16/h3-4,7,12,14-15,18-19H,2,5-6,8-11,13H2,1H3,(H,23,26)/t18-,19+,21+/m1/s1. The van der Waals surface area contributed by atoms with E-state index in [1.807, 2.05) is 30.8 Å². The van der Waals surface area contributed by atoms with Crippen LogP contribution in [0.4, 0.5) is 0 Å². The first-order valence-electron chi connectivity index (χ1n) is 10.1. The van der Waals surface area contributed by atoms with Crippen LogP contribution in [0.1, 0.15) is 37.4 Å². The van der Waals surface area contributed by atoms with Gasteiger partial charge in [-0.1, -0.05) is 6.07 Å². The Balaban J connectivity index is 1.52. The van der Waals surface area contributed by atoms with E-state index in [4.69, 9.17) is 4.74 Å². The van der Waals surface area contributed by atoms with Gasteiger partial charge >= 0.3 is 0 Å². The van der Waals surface area contributed by atoms with Gasteiger partial charge in [0.2, 0.25) is 5.91 Å². The van der Waals surface area contributed by atoms with Crippen molar-refractivity contribution in [1.29, 1.82) is 0 Å². The van der Waals surface area contributed by atoms with Crippen molar-refractivity contribution in [3.8, 4) is 0 Å². The van der Waals surface area contributed by atoms with Gasteiger partial charge in [0.15, 0.2) is 0 Å². The fourth-order valence-electron chi connectivity index (χ4n) is 4.98. The molecule has 2 fully saturated rings. The summed E-state index contributed by atoms with van der Waals surface area (Å²) in [4.78, 5) is 24.7. The zero-order valence-electron chi connectivity index (χ0n) is 16.3. The zero-order chi connectivity index (χ0) is 19.4. The monoisotopic (exact) mass is 400 g/mol. The molecule has 0 unspecified atom stereocenters. The number of aromatic nitrogens is 2. The number of ether oxygens (including phenoxy) is 1. The van der Waals surface area contributed by atoms with Crippen LogP contribution in [-0.2, 0) is 22.5 Å². The van der Waals surface area contributed by atoms with Crippen LogP contribution in [0.25, 0.3) is 0 Å². The van der Waals surface area contributed by atoms with Gasteiger partial charge in [0.1, 0.15) is 0 Å². The van der Waals surface area contributed by atoms with Crippen LogP contribution in [0.5, 0.6) is 0 Å². The summed E-state index contributed by atoms with van der Waals surface area (Å²) < 4.78 is 5.60. The highest BCUT2D eigenvalue weighted by atomic mass is 32.1. The number of nitrogens with one attached hydrogen (secondary N) is 1. The number of thiazole rings is 1. The van der Waals surface area contributed by atoms with Crippen molar-refractivity contribution < 1.29 is 9.53 Å². The van der Waals surface area contributed by atoms with Gasteiger partial charge in [-0.3, -0.25) is 14.7 Å². The van der Waals surface area contributed by atoms with E-state index < -0.39 is 5.41 Å². The van der Waals surface area contributed by atoms with Crippen molar-refractivity contribution in [3.05, 3.63) is 46.7 Å². The van der Waals surface area contributed by atoms with E-state index in [2.05, 4.69) is 25.6 Å². The normalized spacial score (nSPS) is 26.6. The molecule has 0 saturated carbocycles. The second-order valence-electron chi connectivity index (χ2n) is 7.74. The summed E-state index contributed by atoms with van der Waals surface area (Å²) in [6, 6.07) is 4.62. The van der Waals surface area contributed by atoms with E-state index in [0.717, 1.165) is 43.9 Å². The lowest BCUT2D eigenvalue weighted by Gasteiger charge is -2.36. The Kier molecular flexibility index (Phi) is 6.04. The molecule has 2 aromatic heterocycles. The minimum Gasteiger partial charge on any atom is -0.380 e. The summed E-state index contributed by atoms with van der Waals surface area (Å²) in [5, 5.41) is 5.28. The molecule has 2 bridgehead atoms. The Morgan fingerprint density at radius 2 is 2.39 bits per heavy atom. The number of nitrogens with zero attached hydrogens (tertiary/aromatic N) is 3. The van der Waals surface area contributed by atoms with Gasteiger partial charge in [-0.2, -0.15) is 0 Å². The largest absolute Gasteiger partial charge is 0.380 e. The zero-order valence-corrected chi connectivity index (χ0v) is 17.2. The summed E-state index contributed by atoms with van der Waals surface area (Å²) in [6.45, 7) is 4.91.